The SMILES string of the molecule is COc1ccc(OC)c(N(C(C)C(=O)Nc2ccc(F)c(Cl)c2)S(C)(=O)=O)c1. The number of anilines is 2. The van der Waals surface area contributed by atoms with E-state index in [0.717, 1.165) is 16.6 Å². The molecule has 0 spiro atoms. The summed E-state index contributed by atoms with van der Waals surface area (Å²) < 4.78 is 49.6. The zero-order chi connectivity index (χ0) is 21.1. The van der Waals surface area contributed by atoms with E-state index in [9.17, 15) is 17.6 Å². The molecule has 1 N–H and O–H groups in total. The van der Waals surface area contributed by atoms with E-state index >= 15 is 0 Å². The van der Waals surface area contributed by atoms with Crippen LogP contribution in [0.5, 0.6) is 11.5 Å². The van der Waals surface area contributed by atoms with Gasteiger partial charge in [0, 0.05) is 11.8 Å². The molecule has 0 radical (unpaired) electrons. The number of carbonyl (C=O) groups is 1. The van der Waals surface area contributed by atoms with Gasteiger partial charge in [-0.15, -0.1) is 0 Å². The van der Waals surface area contributed by atoms with E-state index in [2.05, 4.69) is 5.32 Å². The van der Waals surface area contributed by atoms with Crippen molar-refractivity contribution in [2.45, 2.75) is 13.0 Å². The molecule has 0 bridgehead atoms. The number of amides is 1. The molecular weight excluding hydrogens is 411 g/mol. The van der Waals surface area contributed by atoms with Crippen molar-refractivity contribution in [1.29, 1.82) is 0 Å². The minimum atomic E-state index is -3.88. The summed E-state index contributed by atoms with van der Waals surface area (Å²) in [4.78, 5) is 12.7. The number of carbonyl (C=O) groups excluding carboxylic acids is 1. The molecule has 0 aliphatic heterocycles. The molecule has 1 atom stereocenters. The molecule has 10 heteroatoms. The fourth-order valence-electron chi connectivity index (χ4n) is 2.57. The summed E-state index contributed by atoms with van der Waals surface area (Å²) in [7, 11) is -1.05. The van der Waals surface area contributed by atoms with Gasteiger partial charge in [-0.2, -0.15) is 0 Å². The van der Waals surface area contributed by atoms with E-state index in [1.807, 2.05) is 0 Å². The monoisotopic (exact) mass is 430 g/mol. The van der Waals surface area contributed by atoms with Gasteiger partial charge in [0.2, 0.25) is 15.9 Å². The number of hydrogen-bond acceptors (Lipinski definition) is 5. The Kier molecular flexibility index (Phi) is 6.73. The topological polar surface area (TPSA) is 84.9 Å². The normalized spacial score (nSPS) is 12.2. The van der Waals surface area contributed by atoms with Gasteiger partial charge in [0.25, 0.3) is 0 Å². The quantitative estimate of drug-likeness (QED) is 0.728. The van der Waals surface area contributed by atoms with Crippen LogP contribution >= 0.6 is 11.6 Å². The molecule has 0 heterocycles. The van der Waals surface area contributed by atoms with Gasteiger partial charge in [-0.05, 0) is 37.3 Å². The Labute approximate surface area is 168 Å². The van der Waals surface area contributed by atoms with Gasteiger partial charge in [-0.1, -0.05) is 11.6 Å². The number of sulfonamides is 1. The molecule has 0 fully saturated rings. The Hall–Kier alpha value is -2.52. The Balaban J connectivity index is 2.43. The molecule has 2 aromatic carbocycles. The smallest absolute Gasteiger partial charge is 0.247 e. The maximum Gasteiger partial charge on any atom is 0.247 e. The lowest BCUT2D eigenvalue weighted by molar-refractivity contribution is -0.116. The zero-order valence-corrected chi connectivity index (χ0v) is 17.3. The van der Waals surface area contributed by atoms with Crippen molar-refractivity contribution in [3.63, 3.8) is 0 Å². The van der Waals surface area contributed by atoms with Crippen LogP contribution in [0.1, 0.15) is 6.92 Å². The van der Waals surface area contributed by atoms with Crippen LogP contribution < -0.4 is 19.1 Å². The standard InChI is InChI=1S/C18H20ClFN2O5S/c1-11(18(23)21-12-5-7-15(20)14(19)9-12)22(28(4,24)25)16-10-13(26-2)6-8-17(16)27-3/h5-11H,1-4H3,(H,21,23). The molecule has 7 nitrogen and oxygen atoms in total. The fraction of sp³-hybridized carbons (Fsp3) is 0.278. The van der Waals surface area contributed by atoms with E-state index in [4.69, 9.17) is 21.1 Å². The highest BCUT2D eigenvalue weighted by molar-refractivity contribution is 7.92. The highest BCUT2D eigenvalue weighted by Crippen LogP contribution is 2.35. The summed E-state index contributed by atoms with van der Waals surface area (Å²) in [5.41, 5.74) is 0.374. The summed E-state index contributed by atoms with van der Waals surface area (Å²) in [6, 6.07) is 7.10. The van der Waals surface area contributed by atoms with Gasteiger partial charge in [0.05, 0.1) is 31.2 Å². The maximum absolute atomic E-state index is 13.3. The molecule has 0 aromatic heterocycles. The zero-order valence-electron chi connectivity index (χ0n) is 15.7. The first-order valence-electron chi connectivity index (χ1n) is 8.05. The highest BCUT2D eigenvalue weighted by atomic mass is 35.5. The van der Waals surface area contributed by atoms with Crippen molar-refractivity contribution in [3.8, 4) is 11.5 Å². The van der Waals surface area contributed by atoms with Crippen molar-refractivity contribution < 1.29 is 27.1 Å². The molecule has 1 amide bonds. The van der Waals surface area contributed by atoms with Crippen LogP contribution in [-0.4, -0.2) is 40.8 Å². The molecule has 0 saturated carbocycles. The Morgan fingerprint density at radius 1 is 1.18 bits per heavy atom. The third-order valence-electron chi connectivity index (χ3n) is 3.90. The Morgan fingerprint density at radius 3 is 2.39 bits per heavy atom. The van der Waals surface area contributed by atoms with Crippen molar-refractivity contribution in [2.24, 2.45) is 0 Å². The van der Waals surface area contributed by atoms with E-state index in [-0.39, 0.29) is 22.1 Å². The Morgan fingerprint density at radius 2 is 1.86 bits per heavy atom. The second-order valence-corrected chi connectivity index (χ2v) is 8.16. The molecule has 0 saturated heterocycles. The first-order chi connectivity index (χ1) is 13.1. The van der Waals surface area contributed by atoms with Gasteiger partial charge >= 0.3 is 0 Å². The average molecular weight is 431 g/mol. The third-order valence-corrected chi connectivity index (χ3v) is 5.42. The first kappa shape index (κ1) is 21.8. The third kappa shape index (κ3) is 4.85. The van der Waals surface area contributed by atoms with Gasteiger partial charge in [0.15, 0.2) is 0 Å². The predicted molar refractivity (Wildman–Crippen MR) is 106 cm³/mol. The molecule has 2 aromatic rings. The number of rotatable bonds is 7. The molecule has 0 aliphatic rings. The number of hydrogen-bond donors (Lipinski definition) is 1. The lowest BCUT2D eigenvalue weighted by Crippen LogP contribution is -2.45. The van der Waals surface area contributed by atoms with Crippen LogP contribution in [0.2, 0.25) is 5.02 Å². The largest absolute Gasteiger partial charge is 0.497 e. The number of nitrogens with one attached hydrogen (secondary N) is 1. The second-order valence-electron chi connectivity index (χ2n) is 5.89. The van der Waals surface area contributed by atoms with Gasteiger partial charge in [-0.25, -0.2) is 12.8 Å². The van der Waals surface area contributed by atoms with Crippen LogP contribution in [0.15, 0.2) is 36.4 Å². The van der Waals surface area contributed by atoms with Gasteiger partial charge in [0.1, 0.15) is 23.4 Å². The Bertz CT molecular complexity index is 984. The summed E-state index contributed by atoms with van der Waals surface area (Å²) in [5, 5.41) is 2.36. The van der Waals surface area contributed by atoms with Crippen LogP contribution in [0, 0.1) is 5.82 Å². The lowest BCUT2D eigenvalue weighted by Gasteiger charge is -2.29. The average Bonchev–Trinajstić information content (AvgIpc) is 2.63. The fourth-order valence-corrected chi connectivity index (χ4v) is 3.92. The molecule has 28 heavy (non-hydrogen) atoms. The first-order valence-corrected chi connectivity index (χ1v) is 10.3. The van der Waals surface area contributed by atoms with E-state index < -0.39 is 27.8 Å². The number of ether oxygens (including phenoxy) is 2. The highest BCUT2D eigenvalue weighted by Gasteiger charge is 2.31. The van der Waals surface area contributed by atoms with Crippen LogP contribution in [0.4, 0.5) is 15.8 Å². The lowest BCUT2D eigenvalue weighted by atomic mass is 10.2. The van der Waals surface area contributed by atoms with Crippen LogP contribution in [-0.2, 0) is 14.8 Å². The number of benzene rings is 2. The minimum absolute atomic E-state index is 0.143. The summed E-state index contributed by atoms with van der Waals surface area (Å²) in [5.74, 6) is -0.636. The molecular formula is C18H20ClFN2O5S. The van der Waals surface area contributed by atoms with Crippen molar-refractivity contribution in [2.75, 3.05) is 30.1 Å². The summed E-state index contributed by atoms with van der Waals surface area (Å²) in [6.07, 6.45) is 0.977. The van der Waals surface area contributed by atoms with E-state index in [0.29, 0.717) is 5.75 Å². The number of nitrogens with zero attached hydrogens (tertiary/aromatic N) is 1. The van der Waals surface area contributed by atoms with Crippen molar-refractivity contribution in [1.82, 2.24) is 0 Å². The van der Waals surface area contributed by atoms with E-state index in [1.165, 1.54) is 45.4 Å². The van der Waals surface area contributed by atoms with Gasteiger partial charge in [-0.3, -0.25) is 9.10 Å². The van der Waals surface area contributed by atoms with Crippen LogP contribution in [0.25, 0.3) is 0 Å². The van der Waals surface area contributed by atoms with Crippen molar-refractivity contribution >= 4 is 38.9 Å². The molecule has 0 aliphatic carbocycles. The summed E-state index contributed by atoms with van der Waals surface area (Å²) >= 11 is 5.72. The molecule has 152 valence electrons. The predicted octanol–water partition coefficient (Wildman–Crippen LogP) is 3.29. The maximum atomic E-state index is 13.3. The second kappa shape index (κ2) is 8.66. The van der Waals surface area contributed by atoms with Gasteiger partial charge < -0.3 is 14.8 Å². The van der Waals surface area contributed by atoms with Crippen LogP contribution in [0.3, 0.4) is 0 Å². The molecule has 1 unspecified atom stereocenters. The summed E-state index contributed by atoms with van der Waals surface area (Å²) in [6.45, 7) is 1.42. The minimum Gasteiger partial charge on any atom is -0.497 e. The number of halogens is 2. The number of methoxy groups -OCH3 is 2. The van der Waals surface area contributed by atoms with Crippen molar-refractivity contribution in [3.05, 3.63) is 47.2 Å². The molecule has 2 rings (SSSR count). The van der Waals surface area contributed by atoms with E-state index in [1.54, 1.807) is 6.07 Å².